The molecule has 2 aliphatic carbocycles. The number of rotatable bonds is 5. The summed E-state index contributed by atoms with van der Waals surface area (Å²) in [5.41, 5.74) is 1.10. The molecule has 0 radical (unpaired) electrons. The van der Waals surface area contributed by atoms with Gasteiger partial charge in [-0.15, -0.1) is 0 Å². The molecule has 5 nitrogen and oxygen atoms in total. The summed E-state index contributed by atoms with van der Waals surface area (Å²) in [6.07, 6.45) is 4.98. The molecule has 1 heterocycles. The predicted molar refractivity (Wildman–Crippen MR) is 75.7 cm³/mol. The van der Waals surface area contributed by atoms with Gasteiger partial charge < -0.3 is 15.4 Å². The molecule has 1 aromatic heterocycles. The molecule has 0 saturated heterocycles. The summed E-state index contributed by atoms with van der Waals surface area (Å²) < 4.78 is 5.32. The van der Waals surface area contributed by atoms with E-state index in [0.29, 0.717) is 18.1 Å². The Labute approximate surface area is 114 Å². The first-order chi connectivity index (χ1) is 9.21. The maximum absolute atomic E-state index is 5.32. The zero-order valence-corrected chi connectivity index (χ0v) is 11.9. The average Bonchev–Trinajstić information content (AvgIpc) is 3.19. The average molecular weight is 262 g/mol. The lowest BCUT2D eigenvalue weighted by Gasteiger charge is -2.35. The van der Waals surface area contributed by atoms with Gasteiger partial charge in [-0.2, -0.15) is 0 Å². The first kappa shape index (κ1) is 12.7. The molecule has 2 saturated carbocycles. The summed E-state index contributed by atoms with van der Waals surface area (Å²) in [6, 6.07) is 0.482. The third-order valence-electron chi connectivity index (χ3n) is 4.11. The lowest BCUT2D eigenvalue weighted by Crippen LogP contribution is -2.40. The topological polar surface area (TPSA) is 59.1 Å². The third-order valence-corrected chi connectivity index (χ3v) is 4.11. The SMILES string of the molecule is CNc1nc(C2CC2)nc(NC2CC(OC)C2)c1C. The standard InChI is InChI=1S/C14H22N4O/c1-8-12(15-2)17-14(9-4-5-9)18-13(8)16-10-6-11(7-10)19-3/h9-11H,4-7H2,1-3H3,(H2,15,16,17,18). The van der Waals surface area contributed by atoms with Crippen LogP contribution in [0.4, 0.5) is 11.6 Å². The minimum Gasteiger partial charge on any atom is -0.381 e. The highest BCUT2D eigenvalue weighted by atomic mass is 16.5. The van der Waals surface area contributed by atoms with E-state index in [0.717, 1.165) is 35.9 Å². The molecule has 2 N–H and O–H groups in total. The second-order valence-corrected chi connectivity index (χ2v) is 5.60. The van der Waals surface area contributed by atoms with E-state index in [-0.39, 0.29) is 0 Å². The summed E-state index contributed by atoms with van der Waals surface area (Å²) in [7, 11) is 3.70. The Bertz CT molecular complexity index is 467. The molecule has 0 amide bonds. The van der Waals surface area contributed by atoms with Crippen molar-refractivity contribution in [2.24, 2.45) is 0 Å². The van der Waals surface area contributed by atoms with Crippen molar-refractivity contribution in [3.8, 4) is 0 Å². The van der Waals surface area contributed by atoms with Crippen LogP contribution < -0.4 is 10.6 Å². The van der Waals surface area contributed by atoms with Crippen LogP contribution in [0.3, 0.4) is 0 Å². The summed E-state index contributed by atoms with van der Waals surface area (Å²) in [4.78, 5) is 9.32. The maximum Gasteiger partial charge on any atom is 0.136 e. The second-order valence-electron chi connectivity index (χ2n) is 5.60. The minimum atomic E-state index is 0.409. The van der Waals surface area contributed by atoms with E-state index in [1.807, 2.05) is 7.05 Å². The van der Waals surface area contributed by atoms with Crippen molar-refractivity contribution in [1.29, 1.82) is 0 Å². The molecular weight excluding hydrogens is 240 g/mol. The highest BCUT2D eigenvalue weighted by Crippen LogP contribution is 2.40. The monoisotopic (exact) mass is 262 g/mol. The van der Waals surface area contributed by atoms with Crippen molar-refractivity contribution in [1.82, 2.24) is 9.97 Å². The van der Waals surface area contributed by atoms with Crippen molar-refractivity contribution >= 4 is 11.6 Å². The molecule has 1 aromatic rings. The van der Waals surface area contributed by atoms with Crippen LogP contribution in [0.15, 0.2) is 0 Å². The Hall–Kier alpha value is -1.36. The molecule has 2 aliphatic rings. The Morgan fingerprint density at radius 2 is 1.84 bits per heavy atom. The van der Waals surface area contributed by atoms with Crippen molar-refractivity contribution in [3.63, 3.8) is 0 Å². The zero-order chi connectivity index (χ0) is 13.4. The number of nitrogens with one attached hydrogen (secondary N) is 2. The van der Waals surface area contributed by atoms with Gasteiger partial charge in [0.15, 0.2) is 0 Å². The van der Waals surface area contributed by atoms with Crippen LogP contribution in [0.5, 0.6) is 0 Å². The number of methoxy groups -OCH3 is 1. The largest absolute Gasteiger partial charge is 0.381 e. The van der Waals surface area contributed by atoms with Crippen molar-refractivity contribution in [2.45, 2.75) is 50.7 Å². The second kappa shape index (κ2) is 4.96. The Kier molecular flexibility index (Phi) is 3.31. The van der Waals surface area contributed by atoms with Gasteiger partial charge in [-0.25, -0.2) is 9.97 Å². The van der Waals surface area contributed by atoms with Crippen LogP contribution in [0.25, 0.3) is 0 Å². The van der Waals surface area contributed by atoms with Gasteiger partial charge in [0.05, 0.1) is 6.10 Å². The fraction of sp³-hybridized carbons (Fsp3) is 0.714. The molecule has 0 aromatic carbocycles. The quantitative estimate of drug-likeness (QED) is 0.852. The fourth-order valence-electron chi connectivity index (χ4n) is 2.51. The molecule has 104 valence electrons. The normalized spacial score (nSPS) is 25.8. The van der Waals surface area contributed by atoms with E-state index in [2.05, 4.69) is 22.5 Å². The van der Waals surface area contributed by atoms with Crippen LogP contribution in [0.2, 0.25) is 0 Å². The van der Waals surface area contributed by atoms with Crippen LogP contribution >= 0.6 is 0 Å². The first-order valence-corrected chi connectivity index (χ1v) is 7.07. The Balaban J connectivity index is 1.77. The highest BCUT2D eigenvalue weighted by Gasteiger charge is 2.31. The summed E-state index contributed by atoms with van der Waals surface area (Å²) in [5, 5.41) is 6.71. The molecule has 0 spiro atoms. The van der Waals surface area contributed by atoms with Crippen molar-refractivity contribution in [3.05, 3.63) is 11.4 Å². The molecule has 0 bridgehead atoms. The first-order valence-electron chi connectivity index (χ1n) is 7.07. The molecule has 0 unspecified atom stereocenters. The maximum atomic E-state index is 5.32. The smallest absolute Gasteiger partial charge is 0.136 e. The van der Waals surface area contributed by atoms with Gasteiger partial charge in [0.1, 0.15) is 17.5 Å². The van der Waals surface area contributed by atoms with E-state index >= 15 is 0 Å². The molecule has 19 heavy (non-hydrogen) atoms. The van der Waals surface area contributed by atoms with E-state index < -0.39 is 0 Å². The number of hydrogen-bond donors (Lipinski definition) is 2. The molecular formula is C14H22N4O. The summed E-state index contributed by atoms with van der Waals surface area (Å²) in [5.74, 6) is 3.49. The zero-order valence-electron chi connectivity index (χ0n) is 11.9. The number of anilines is 2. The van der Waals surface area contributed by atoms with Crippen LogP contribution in [0, 0.1) is 6.92 Å². The van der Waals surface area contributed by atoms with Gasteiger partial charge >= 0.3 is 0 Å². The Morgan fingerprint density at radius 1 is 1.16 bits per heavy atom. The summed E-state index contributed by atoms with van der Waals surface area (Å²) >= 11 is 0. The lowest BCUT2D eigenvalue weighted by atomic mass is 9.89. The van der Waals surface area contributed by atoms with Gasteiger partial charge in [-0.1, -0.05) is 0 Å². The van der Waals surface area contributed by atoms with Gasteiger partial charge in [0.25, 0.3) is 0 Å². The van der Waals surface area contributed by atoms with E-state index in [9.17, 15) is 0 Å². The number of ether oxygens (including phenoxy) is 1. The van der Waals surface area contributed by atoms with Crippen LogP contribution in [-0.4, -0.2) is 36.3 Å². The van der Waals surface area contributed by atoms with Gasteiger partial charge in [-0.3, -0.25) is 0 Å². The van der Waals surface area contributed by atoms with Gasteiger partial charge in [-0.05, 0) is 32.6 Å². The van der Waals surface area contributed by atoms with Crippen LogP contribution in [0.1, 0.15) is 43.0 Å². The lowest BCUT2D eigenvalue weighted by molar-refractivity contribution is 0.0327. The number of aromatic nitrogens is 2. The molecule has 5 heteroatoms. The van der Waals surface area contributed by atoms with Crippen molar-refractivity contribution < 1.29 is 4.74 Å². The molecule has 2 fully saturated rings. The predicted octanol–water partition coefficient (Wildman–Crippen LogP) is 2.29. The van der Waals surface area contributed by atoms with E-state index in [1.54, 1.807) is 7.11 Å². The third kappa shape index (κ3) is 2.52. The van der Waals surface area contributed by atoms with E-state index in [1.165, 1.54) is 12.8 Å². The molecule has 3 rings (SSSR count). The summed E-state index contributed by atoms with van der Waals surface area (Å²) in [6.45, 7) is 2.07. The Morgan fingerprint density at radius 3 is 2.42 bits per heavy atom. The van der Waals surface area contributed by atoms with Crippen molar-refractivity contribution in [2.75, 3.05) is 24.8 Å². The van der Waals surface area contributed by atoms with Crippen LogP contribution in [-0.2, 0) is 4.74 Å². The molecule has 0 aliphatic heterocycles. The van der Waals surface area contributed by atoms with E-state index in [4.69, 9.17) is 9.72 Å². The number of nitrogens with zero attached hydrogens (tertiary/aromatic N) is 2. The highest BCUT2D eigenvalue weighted by molar-refractivity contribution is 5.58. The van der Waals surface area contributed by atoms with Gasteiger partial charge in [0, 0.05) is 31.7 Å². The minimum absolute atomic E-state index is 0.409. The number of hydrogen-bond acceptors (Lipinski definition) is 5. The van der Waals surface area contributed by atoms with Gasteiger partial charge in [0.2, 0.25) is 0 Å². The fourth-order valence-corrected chi connectivity index (χ4v) is 2.51. The molecule has 0 atom stereocenters.